The minimum absolute atomic E-state index is 0.0737. The molecule has 30 heavy (non-hydrogen) atoms. The van der Waals surface area contributed by atoms with E-state index < -0.39 is 5.91 Å². The van der Waals surface area contributed by atoms with Crippen LogP contribution in [0.4, 0.5) is 4.39 Å². The molecular weight excluding hydrogens is 385 g/mol. The first kappa shape index (κ1) is 21.2. The smallest absolute Gasteiger partial charge is 0.272 e. The zero-order valence-electron chi connectivity index (χ0n) is 16.9. The predicted molar refractivity (Wildman–Crippen MR) is 112 cm³/mol. The summed E-state index contributed by atoms with van der Waals surface area (Å²) < 4.78 is 20.0. The minimum atomic E-state index is -0.407. The molecular formula is C23H24FN3O3. The van der Waals surface area contributed by atoms with Gasteiger partial charge in [-0.05, 0) is 41.8 Å². The van der Waals surface area contributed by atoms with Gasteiger partial charge >= 0.3 is 0 Å². The maximum absolute atomic E-state index is 13.2. The number of hydrogen-bond acceptors (Lipinski definition) is 4. The molecule has 1 amide bonds. The summed E-state index contributed by atoms with van der Waals surface area (Å²) in [7, 11) is 0. The highest BCUT2D eigenvalue weighted by molar-refractivity contribution is 5.92. The van der Waals surface area contributed by atoms with E-state index in [0.29, 0.717) is 5.75 Å². The Morgan fingerprint density at radius 1 is 1.07 bits per heavy atom. The van der Waals surface area contributed by atoms with Crippen LogP contribution in [-0.2, 0) is 6.54 Å². The summed E-state index contributed by atoms with van der Waals surface area (Å²) >= 11 is 0. The van der Waals surface area contributed by atoms with Crippen LogP contribution >= 0.6 is 0 Å². The van der Waals surface area contributed by atoms with Gasteiger partial charge in [0.25, 0.3) is 11.5 Å². The van der Waals surface area contributed by atoms with Crippen LogP contribution < -0.4 is 15.6 Å². The zero-order chi connectivity index (χ0) is 21.5. The molecule has 3 aromatic rings. The second-order valence-electron chi connectivity index (χ2n) is 7.19. The zero-order valence-corrected chi connectivity index (χ0v) is 16.9. The second kappa shape index (κ2) is 9.82. The van der Waals surface area contributed by atoms with Crippen molar-refractivity contribution in [3.05, 3.63) is 94.2 Å². The normalized spacial score (nSPS) is 11.9. The number of aromatic nitrogens is 2. The van der Waals surface area contributed by atoms with Crippen LogP contribution in [0.25, 0.3) is 0 Å². The lowest BCUT2D eigenvalue weighted by molar-refractivity contribution is 0.0917. The van der Waals surface area contributed by atoms with Crippen molar-refractivity contribution < 1.29 is 13.9 Å². The number of carbonyl (C=O) groups excluding carboxylic acids is 1. The second-order valence-corrected chi connectivity index (χ2v) is 7.19. The largest absolute Gasteiger partial charge is 0.492 e. The molecule has 3 rings (SSSR count). The first-order valence-electron chi connectivity index (χ1n) is 9.76. The molecule has 0 saturated heterocycles. The molecule has 0 aliphatic heterocycles. The maximum Gasteiger partial charge on any atom is 0.272 e. The molecule has 0 bridgehead atoms. The molecule has 0 spiro atoms. The fourth-order valence-electron chi connectivity index (χ4n) is 3.02. The van der Waals surface area contributed by atoms with Crippen molar-refractivity contribution in [2.75, 3.05) is 6.61 Å². The van der Waals surface area contributed by atoms with Crippen molar-refractivity contribution in [3.8, 4) is 5.75 Å². The van der Waals surface area contributed by atoms with Crippen LogP contribution in [0.2, 0.25) is 0 Å². The number of halogens is 1. The van der Waals surface area contributed by atoms with Gasteiger partial charge in [0.05, 0.1) is 12.6 Å². The number of para-hydroxylation sites is 1. The van der Waals surface area contributed by atoms with Crippen molar-refractivity contribution in [3.63, 3.8) is 0 Å². The van der Waals surface area contributed by atoms with Crippen molar-refractivity contribution in [1.82, 2.24) is 15.1 Å². The number of rotatable bonds is 8. The van der Waals surface area contributed by atoms with Gasteiger partial charge in [-0.25, -0.2) is 9.07 Å². The highest BCUT2D eigenvalue weighted by Gasteiger charge is 2.20. The van der Waals surface area contributed by atoms with Gasteiger partial charge in [-0.3, -0.25) is 9.59 Å². The molecule has 1 unspecified atom stereocenters. The Morgan fingerprint density at radius 3 is 2.43 bits per heavy atom. The lowest BCUT2D eigenvalue weighted by Gasteiger charge is -2.23. The van der Waals surface area contributed by atoms with Crippen LogP contribution in [0.1, 0.15) is 35.9 Å². The summed E-state index contributed by atoms with van der Waals surface area (Å²) in [5.74, 6) is 0.0258. The third-order valence-electron chi connectivity index (χ3n) is 4.60. The molecule has 1 heterocycles. The van der Waals surface area contributed by atoms with Crippen molar-refractivity contribution in [1.29, 1.82) is 0 Å². The Hall–Kier alpha value is -3.48. The third-order valence-corrected chi connectivity index (χ3v) is 4.60. The fourth-order valence-corrected chi connectivity index (χ4v) is 3.02. The van der Waals surface area contributed by atoms with Gasteiger partial charge in [0.15, 0.2) is 0 Å². The van der Waals surface area contributed by atoms with Crippen molar-refractivity contribution in [2.45, 2.75) is 26.4 Å². The molecule has 1 atom stereocenters. The Kier molecular flexibility index (Phi) is 6.95. The van der Waals surface area contributed by atoms with E-state index in [4.69, 9.17) is 4.74 Å². The topological polar surface area (TPSA) is 73.2 Å². The molecule has 0 saturated carbocycles. The number of ether oxygens (including phenoxy) is 1. The molecule has 0 fully saturated rings. The van der Waals surface area contributed by atoms with Gasteiger partial charge in [0, 0.05) is 6.07 Å². The first-order valence-corrected chi connectivity index (χ1v) is 9.76. The van der Waals surface area contributed by atoms with E-state index >= 15 is 0 Å². The molecule has 0 aliphatic rings. The van der Waals surface area contributed by atoms with Crippen LogP contribution in [-0.4, -0.2) is 22.3 Å². The van der Waals surface area contributed by atoms with Gasteiger partial charge in [0.2, 0.25) is 0 Å². The Morgan fingerprint density at radius 2 is 1.77 bits per heavy atom. The van der Waals surface area contributed by atoms with Crippen LogP contribution in [0, 0.1) is 11.7 Å². The number of amides is 1. The summed E-state index contributed by atoms with van der Waals surface area (Å²) in [6.45, 7) is 4.37. The first-order chi connectivity index (χ1) is 14.4. The highest BCUT2D eigenvalue weighted by Crippen LogP contribution is 2.22. The number of carbonyl (C=O) groups is 1. The summed E-state index contributed by atoms with van der Waals surface area (Å²) in [4.78, 5) is 24.9. The maximum atomic E-state index is 13.2. The van der Waals surface area contributed by atoms with E-state index in [0.717, 1.165) is 5.56 Å². The van der Waals surface area contributed by atoms with Crippen LogP contribution in [0.3, 0.4) is 0 Å². The van der Waals surface area contributed by atoms with E-state index in [1.807, 2.05) is 44.2 Å². The lowest BCUT2D eigenvalue weighted by Crippen LogP contribution is -2.34. The molecule has 6 nitrogen and oxygen atoms in total. The molecule has 1 N–H and O–H groups in total. The van der Waals surface area contributed by atoms with E-state index in [9.17, 15) is 14.0 Å². The SMILES string of the molecule is CC(C)C(NC(=O)c1ccc(=O)n(CCOc2ccccc2)n1)c1ccc(F)cc1. The third kappa shape index (κ3) is 5.53. The van der Waals surface area contributed by atoms with E-state index in [-0.39, 0.29) is 42.2 Å². The van der Waals surface area contributed by atoms with Crippen LogP contribution in [0.5, 0.6) is 5.75 Å². The van der Waals surface area contributed by atoms with Gasteiger partial charge in [-0.2, -0.15) is 5.10 Å². The molecule has 1 aromatic heterocycles. The number of hydrogen-bond donors (Lipinski definition) is 1. The molecule has 156 valence electrons. The number of benzene rings is 2. The van der Waals surface area contributed by atoms with E-state index in [1.54, 1.807) is 12.1 Å². The molecule has 2 aromatic carbocycles. The van der Waals surface area contributed by atoms with Gasteiger partial charge in [-0.15, -0.1) is 0 Å². The van der Waals surface area contributed by atoms with Gasteiger partial charge in [-0.1, -0.05) is 44.2 Å². The fraction of sp³-hybridized carbons (Fsp3) is 0.261. The predicted octanol–water partition coefficient (Wildman–Crippen LogP) is 3.59. The quantitative estimate of drug-likeness (QED) is 0.617. The minimum Gasteiger partial charge on any atom is -0.492 e. The highest BCUT2D eigenvalue weighted by atomic mass is 19.1. The Balaban J connectivity index is 1.69. The lowest BCUT2D eigenvalue weighted by atomic mass is 9.96. The van der Waals surface area contributed by atoms with Crippen LogP contribution in [0.15, 0.2) is 71.5 Å². The molecule has 0 aliphatic carbocycles. The molecule has 7 heteroatoms. The summed E-state index contributed by atoms with van der Waals surface area (Å²) in [6, 6.07) is 17.7. The van der Waals surface area contributed by atoms with E-state index in [1.165, 1.54) is 28.9 Å². The number of nitrogens with one attached hydrogen (secondary N) is 1. The summed E-state index contributed by atoms with van der Waals surface area (Å²) in [5, 5.41) is 7.10. The monoisotopic (exact) mass is 409 g/mol. The van der Waals surface area contributed by atoms with Crippen molar-refractivity contribution >= 4 is 5.91 Å². The van der Waals surface area contributed by atoms with Gasteiger partial charge < -0.3 is 10.1 Å². The summed E-state index contributed by atoms with van der Waals surface area (Å²) in [5.41, 5.74) is 0.605. The average Bonchev–Trinajstić information content (AvgIpc) is 2.74. The Bertz CT molecular complexity index is 1030. The average molecular weight is 409 g/mol. The standard InChI is InChI=1S/C23H24FN3O3/c1-16(2)22(17-8-10-18(24)11-9-17)25-23(29)20-12-13-21(28)27(26-20)14-15-30-19-6-4-3-5-7-19/h3-13,16,22H,14-15H2,1-2H3,(H,25,29). The van der Waals surface area contributed by atoms with Gasteiger partial charge in [0.1, 0.15) is 23.9 Å². The summed E-state index contributed by atoms with van der Waals surface area (Å²) in [6.07, 6.45) is 0. The number of nitrogens with zero attached hydrogens (tertiary/aromatic N) is 2. The molecule has 0 radical (unpaired) electrons. The van der Waals surface area contributed by atoms with E-state index in [2.05, 4.69) is 10.4 Å². The van der Waals surface area contributed by atoms with Crippen molar-refractivity contribution in [2.24, 2.45) is 5.92 Å². The Labute approximate surface area is 174 Å².